The zero-order chi connectivity index (χ0) is 14.5. The molecule has 0 aliphatic rings. The Kier molecular flexibility index (Phi) is 5.20. The van der Waals surface area contributed by atoms with E-state index in [0.717, 1.165) is 15.8 Å². The number of halogens is 1. The Labute approximate surface area is 131 Å². The fourth-order valence-corrected chi connectivity index (χ4v) is 3.59. The Balaban J connectivity index is 2.08. The van der Waals surface area contributed by atoms with Gasteiger partial charge in [-0.1, -0.05) is 13.0 Å². The molecule has 2 N–H and O–H groups in total. The molecule has 5 heteroatoms. The maximum absolute atomic E-state index is 11.4. The molecule has 1 aromatic heterocycles. The SMILES string of the molecule is CCC(=O)Nc1cccc(NC(C)c2sccc2Br)c1. The summed E-state index contributed by atoms with van der Waals surface area (Å²) < 4.78 is 1.12. The third kappa shape index (κ3) is 3.84. The summed E-state index contributed by atoms with van der Waals surface area (Å²) in [6.45, 7) is 3.96. The van der Waals surface area contributed by atoms with E-state index in [1.807, 2.05) is 31.2 Å². The summed E-state index contributed by atoms with van der Waals surface area (Å²) in [5.41, 5.74) is 1.81. The molecule has 0 fully saturated rings. The monoisotopic (exact) mass is 352 g/mol. The van der Waals surface area contributed by atoms with Crippen LogP contribution in [0.15, 0.2) is 40.2 Å². The molecule has 2 aromatic rings. The van der Waals surface area contributed by atoms with Gasteiger partial charge in [-0.2, -0.15) is 0 Å². The van der Waals surface area contributed by atoms with E-state index in [1.54, 1.807) is 11.3 Å². The molecular formula is C15H17BrN2OS. The Bertz CT molecular complexity index is 597. The fourth-order valence-electron chi connectivity index (χ4n) is 1.87. The lowest BCUT2D eigenvalue weighted by molar-refractivity contribution is -0.115. The molecule has 1 unspecified atom stereocenters. The molecule has 0 aliphatic carbocycles. The van der Waals surface area contributed by atoms with Crippen LogP contribution >= 0.6 is 27.3 Å². The van der Waals surface area contributed by atoms with Crippen LogP contribution in [0.4, 0.5) is 11.4 Å². The molecule has 0 saturated heterocycles. The predicted octanol–water partition coefficient (Wildman–Crippen LogP) is 5.03. The van der Waals surface area contributed by atoms with E-state index in [-0.39, 0.29) is 11.9 Å². The summed E-state index contributed by atoms with van der Waals surface area (Å²) in [5.74, 6) is 0.0243. The van der Waals surface area contributed by atoms with Crippen LogP contribution in [0, 0.1) is 0 Å². The Morgan fingerprint density at radius 1 is 1.35 bits per heavy atom. The van der Waals surface area contributed by atoms with Crippen molar-refractivity contribution in [2.75, 3.05) is 10.6 Å². The number of benzene rings is 1. The van der Waals surface area contributed by atoms with Gasteiger partial charge in [-0.3, -0.25) is 4.79 Å². The number of rotatable bonds is 5. The molecule has 1 amide bonds. The smallest absolute Gasteiger partial charge is 0.224 e. The van der Waals surface area contributed by atoms with Crippen LogP contribution in [0.5, 0.6) is 0 Å². The van der Waals surface area contributed by atoms with E-state index in [9.17, 15) is 4.79 Å². The van der Waals surface area contributed by atoms with E-state index in [4.69, 9.17) is 0 Å². The number of amides is 1. The summed E-state index contributed by atoms with van der Waals surface area (Å²) in [6.07, 6.45) is 0.482. The Morgan fingerprint density at radius 3 is 2.75 bits per heavy atom. The second-order valence-corrected chi connectivity index (χ2v) is 6.28. The number of nitrogens with one attached hydrogen (secondary N) is 2. The number of anilines is 2. The summed E-state index contributed by atoms with van der Waals surface area (Å²) in [4.78, 5) is 12.7. The summed E-state index contributed by atoms with van der Waals surface area (Å²) >= 11 is 5.27. The zero-order valence-corrected chi connectivity index (χ0v) is 13.8. The Morgan fingerprint density at radius 2 is 2.10 bits per heavy atom. The predicted molar refractivity (Wildman–Crippen MR) is 89.4 cm³/mol. The highest BCUT2D eigenvalue weighted by Gasteiger charge is 2.11. The average molecular weight is 353 g/mol. The average Bonchev–Trinajstić information content (AvgIpc) is 2.85. The van der Waals surface area contributed by atoms with Gasteiger partial charge in [-0.05, 0) is 52.5 Å². The van der Waals surface area contributed by atoms with Crippen molar-refractivity contribution in [3.05, 3.63) is 45.1 Å². The van der Waals surface area contributed by atoms with E-state index >= 15 is 0 Å². The first-order valence-corrected chi connectivity index (χ1v) is 8.16. The third-order valence-corrected chi connectivity index (χ3v) is 4.94. The quantitative estimate of drug-likeness (QED) is 0.791. The lowest BCUT2D eigenvalue weighted by Crippen LogP contribution is -2.10. The molecule has 0 spiro atoms. The van der Waals surface area contributed by atoms with Crippen LogP contribution in [-0.4, -0.2) is 5.91 Å². The first kappa shape index (κ1) is 15.1. The van der Waals surface area contributed by atoms with E-state index in [2.05, 4.69) is 44.9 Å². The first-order chi connectivity index (χ1) is 9.60. The highest BCUT2D eigenvalue weighted by molar-refractivity contribution is 9.10. The fraction of sp³-hybridized carbons (Fsp3) is 0.267. The maximum Gasteiger partial charge on any atom is 0.224 e. The van der Waals surface area contributed by atoms with Gasteiger partial charge in [0.2, 0.25) is 5.91 Å². The van der Waals surface area contributed by atoms with Gasteiger partial charge >= 0.3 is 0 Å². The molecule has 0 saturated carbocycles. The normalized spacial score (nSPS) is 11.9. The third-order valence-electron chi connectivity index (χ3n) is 2.89. The highest BCUT2D eigenvalue weighted by Crippen LogP contribution is 2.31. The molecule has 1 heterocycles. The number of hydrogen-bond donors (Lipinski definition) is 2. The van der Waals surface area contributed by atoms with E-state index < -0.39 is 0 Å². The van der Waals surface area contributed by atoms with Gasteiger partial charge in [0.25, 0.3) is 0 Å². The van der Waals surface area contributed by atoms with Gasteiger partial charge < -0.3 is 10.6 Å². The van der Waals surface area contributed by atoms with Gasteiger partial charge in [0.15, 0.2) is 0 Å². The van der Waals surface area contributed by atoms with Gasteiger partial charge in [-0.25, -0.2) is 0 Å². The van der Waals surface area contributed by atoms with E-state index in [1.165, 1.54) is 4.88 Å². The van der Waals surface area contributed by atoms with Crippen molar-refractivity contribution in [3.63, 3.8) is 0 Å². The largest absolute Gasteiger partial charge is 0.378 e. The number of carbonyl (C=O) groups is 1. The van der Waals surface area contributed by atoms with Crippen molar-refractivity contribution in [1.29, 1.82) is 0 Å². The minimum absolute atomic E-state index is 0.0243. The lowest BCUT2D eigenvalue weighted by Gasteiger charge is -2.15. The van der Waals surface area contributed by atoms with E-state index in [0.29, 0.717) is 6.42 Å². The molecule has 2 rings (SSSR count). The van der Waals surface area contributed by atoms with Crippen LogP contribution in [-0.2, 0) is 4.79 Å². The Hall–Kier alpha value is -1.33. The van der Waals surface area contributed by atoms with Gasteiger partial charge in [0.05, 0.1) is 6.04 Å². The number of carbonyl (C=O) groups excluding carboxylic acids is 1. The molecule has 1 atom stereocenters. The van der Waals surface area contributed by atoms with Crippen molar-refractivity contribution >= 4 is 44.5 Å². The van der Waals surface area contributed by atoms with Crippen LogP contribution in [0.1, 0.15) is 31.2 Å². The summed E-state index contributed by atoms with van der Waals surface area (Å²) in [6, 6.07) is 10.0. The van der Waals surface area contributed by atoms with Crippen molar-refractivity contribution in [2.24, 2.45) is 0 Å². The van der Waals surface area contributed by atoms with Crippen molar-refractivity contribution in [2.45, 2.75) is 26.3 Å². The zero-order valence-electron chi connectivity index (χ0n) is 11.4. The van der Waals surface area contributed by atoms with Crippen molar-refractivity contribution in [3.8, 4) is 0 Å². The van der Waals surface area contributed by atoms with Gasteiger partial charge in [-0.15, -0.1) is 11.3 Å². The number of thiophene rings is 1. The first-order valence-electron chi connectivity index (χ1n) is 6.49. The topological polar surface area (TPSA) is 41.1 Å². The lowest BCUT2D eigenvalue weighted by atomic mass is 10.2. The van der Waals surface area contributed by atoms with Crippen LogP contribution in [0.2, 0.25) is 0 Å². The minimum atomic E-state index is 0.0243. The minimum Gasteiger partial charge on any atom is -0.378 e. The van der Waals surface area contributed by atoms with Crippen LogP contribution in [0.25, 0.3) is 0 Å². The molecule has 0 radical (unpaired) electrons. The maximum atomic E-state index is 11.4. The highest BCUT2D eigenvalue weighted by atomic mass is 79.9. The molecule has 20 heavy (non-hydrogen) atoms. The van der Waals surface area contributed by atoms with Crippen molar-refractivity contribution < 1.29 is 4.79 Å². The van der Waals surface area contributed by atoms with Crippen LogP contribution in [0.3, 0.4) is 0 Å². The van der Waals surface area contributed by atoms with Crippen molar-refractivity contribution in [1.82, 2.24) is 0 Å². The van der Waals surface area contributed by atoms with Gasteiger partial charge in [0, 0.05) is 27.1 Å². The van der Waals surface area contributed by atoms with Gasteiger partial charge in [0.1, 0.15) is 0 Å². The molecule has 1 aromatic carbocycles. The summed E-state index contributed by atoms with van der Waals surface area (Å²) in [7, 11) is 0. The number of hydrogen-bond acceptors (Lipinski definition) is 3. The second-order valence-electron chi connectivity index (χ2n) is 4.48. The molecule has 0 aliphatic heterocycles. The molecule has 0 bridgehead atoms. The molecule has 3 nitrogen and oxygen atoms in total. The second kappa shape index (κ2) is 6.90. The molecule has 106 valence electrons. The van der Waals surface area contributed by atoms with Crippen LogP contribution < -0.4 is 10.6 Å². The standard InChI is InChI=1S/C15H17BrN2OS/c1-3-14(19)18-12-6-4-5-11(9-12)17-10(2)15-13(16)7-8-20-15/h4-10,17H,3H2,1-2H3,(H,18,19). The summed E-state index contributed by atoms with van der Waals surface area (Å²) in [5, 5.41) is 8.38. The molecular weight excluding hydrogens is 336 g/mol.